The van der Waals surface area contributed by atoms with Gasteiger partial charge in [0.2, 0.25) is 5.91 Å². The molecule has 6 nitrogen and oxygen atoms in total. The molecule has 2 rings (SSSR count). The molecule has 1 heterocycles. The van der Waals surface area contributed by atoms with Crippen molar-refractivity contribution in [1.82, 2.24) is 15.1 Å². The van der Waals surface area contributed by atoms with Gasteiger partial charge in [-0.1, -0.05) is 6.07 Å². The van der Waals surface area contributed by atoms with Gasteiger partial charge in [0.15, 0.2) is 0 Å². The number of rotatable bonds is 5. The van der Waals surface area contributed by atoms with Crippen molar-refractivity contribution < 1.29 is 9.59 Å². The third kappa shape index (κ3) is 4.17. The SMILES string of the molecule is CCNC(=O)c1cccc(NC(=O)Cn2cc(C)cn2)c1. The quantitative estimate of drug-likeness (QED) is 0.876. The van der Waals surface area contributed by atoms with Gasteiger partial charge in [-0.2, -0.15) is 5.10 Å². The van der Waals surface area contributed by atoms with Crippen LogP contribution in [0.1, 0.15) is 22.8 Å². The van der Waals surface area contributed by atoms with Gasteiger partial charge in [0.25, 0.3) is 5.91 Å². The van der Waals surface area contributed by atoms with Crippen molar-refractivity contribution in [2.75, 3.05) is 11.9 Å². The molecule has 0 atom stereocenters. The maximum Gasteiger partial charge on any atom is 0.251 e. The molecule has 2 amide bonds. The lowest BCUT2D eigenvalue weighted by Gasteiger charge is -2.07. The summed E-state index contributed by atoms with van der Waals surface area (Å²) >= 11 is 0. The molecular weight excluding hydrogens is 268 g/mol. The van der Waals surface area contributed by atoms with E-state index in [9.17, 15) is 9.59 Å². The number of carbonyl (C=O) groups excluding carboxylic acids is 2. The zero-order valence-corrected chi connectivity index (χ0v) is 12.1. The average Bonchev–Trinajstić information content (AvgIpc) is 2.84. The van der Waals surface area contributed by atoms with Gasteiger partial charge in [-0.3, -0.25) is 14.3 Å². The Bertz CT molecular complexity index is 649. The summed E-state index contributed by atoms with van der Waals surface area (Å²) in [6, 6.07) is 6.84. The number of amides is 2. The maximum absolute atomic E-state index is 11.9. The van der Waals surface area contributed by atoms with Gasteiger partial charge in [0.1, 0.15) is 6.54 Å². The fourth-order valence-corrected chi connectivity index (χ4v) is 1.90. The van der Waals surface area contributed by atoms with E-state index in [-0.39, 0.29) is 18.4 Å². The highest BCUT2D eigenvalue weighted by molar-refractivity contribution is 5.97. The Morgan fingerprint density at radius 3 is 2.81 bits per heavy atom. The lowest BCUT2D eigenvalue weighted by molar-refractivity contribution is -0.116. The molecule has 0 unspecified atom stereocenters. The van der Waals surface area contributed by atoms with E-state index in [1.165, 1.54) is 0 Å². The molecule has 110 valence electrons. The first-order valence-corrected chi connectivity index (χ1v) is 6.75. The number of hydrogen-bond donors (Lipinski definition) is 2. The van der Waals surface area contributed by atoms with Crippen LogP contribution in [0.25, 0.3) is 0 Å². The summed E-state index contributed by atoms with van der Waals surface area (Å²) in [5.74, 6) is -0.345. The second kappa shape index (κ2) is 6.69. The zero-order valence-electron chi connectivity index (χ0n) is 12.1. The predicted molar refractivity (Wildman–Crippen MR) is 80.0 cm³/mol. The fourth-order valence-electron chi connectivity index (χ4n) is 1.90. The van der Waals surface area contributed by atoms with Gasteiger partial charge >= 0.3 is 0 Å². The molecule has 2 aromatic rings. The lowest BCUT2D eigenvalue weighted by atomic mass is 10.2. The van der Waals surface area contributed by atoms with Crippen LogP contribution in [0.4, 0.5) is 5.69 Å². The van der Waals surface area contributed by atoms with Gasteiger partial charge in [-0.25, -0.2) is 0 Å². The first kappa shape index (κ1) is 14.8. The molecule has 0 spiro atoms. The minimum Gasteiger partial charge on any atom is -0.352 e. The summed E-state index contributed by atoms with van der Waals surface area (Å²) in [5.41, 5.74) is 2.11. The highest BCUT2D eigenvalue weighted by Gasteiger charge is 2.08. The molecule has 0 aliphatic rings. The van der Waals surface area contributed by atoms with Crippen LogP contribution in [0, 0.1) is 6.92 Å². The van der Waals surface area contributed by atoms with E-state index >= 15 is 0 Å². The topological polar surface area (TPSA) is 76.0 Å². The molecule has 1 aromatic carbocycles. The van der Waals surface area contributed by atoms with Crippen molar-refractivity contribution >= 4 is 17.5 Å². The Morgan fingerprint density at radius 1 is 1.33 bits per heavy atom. The van der Waals surface area contributed by atoms with Gasteiger partial charge in [-0.15, -0.1) is 0 Å². The Balaban J connectivity index is 2.00. The van der Waals surface area contributed by atoms with Crippen molar-refractivity contribution in [2.45, 2.75) is 20.4 Å². The van der Waals surface area contributed by atoms with Crippen LogP contribution in [-0.4, -0.2) is 28.1 Å². The average molecular weight is 286 g/mol. The van der Waals surface area contributed by atoms with Crippen LogP contribution in [0.2, 0.25) is 0 Å². The molecule has 2 N–H and O–H groups in total. The summed E-state index contributed by atoms with van der Waals surface area (Å²) in [6.45, 7) is 4.47. The van der Waals surface area contributed by atoms with Crippen molar-refractivity contribution in [3.63, 3.8) is 0 Å². The molecule has 0 aliphatic carbocycles. The molecule has 21 heavy (non-hydrogen) atoms. The molecule has 6 heteroatoms. The number of hydrogen-bond acceptors (Lipinski definition) is 3. The van der Waals surface area contributed by atoms with Crippen molar-refractivity contribution in [2.24, 2.45) is 0 Å². The second-order valence-electron chi connectivity index (χ2n) is 4.70. The van der Waals surface area contributed by atoms with Crippen molar-refractivity contribution in [1.29, 1.82) is 0 Å². The summed E-state index contributed by atoms with van der Waals surface area (Å²) in [5, 5.41) is 9.54. The number of aromatic nitrogens is 2. The molecule has 0 radical (unpaired) electrons. The third-order valence-electron chi connectivity index (χ3n) is 2.81. The normalized spacial score (nSPS) is 10.2. The summed E-state index contributed by atoms with van der Waals surface area (Å²) in [7, 11) is 0. The Morgan fingerprint density at radius 2 is 2.14 bits per heavy atom. The predicted octanol–water partition coefficient (Wildman–Crippen LogP) is 1.58. The standard InChI is InChI=1S/C15H18N4O2/c1-3-16-15(21)12-5-4-6-13(7-12)18-14(20)10-19-9-11(2)8-17-19/h4-9H,3,10H2,1-2H3,(H,16,21)(H,18,20). The number of nitrogens with one attached hydrogen (secondary N) is 2. The molecule has 0 aliphatic heterocycles. The molecule has 1 aromatic heterocycles. The molecule has 0 fully saturated rings. The highest BCUT2D eigenvalue weighted by atomic mass is 16.2. The Kier molecular flexibility index (Phi) is 4.71. The van der Waals surface area contributed by atoms with E-state index in [1.807, 2.05) is 13.8 Å². The maximum atomic E-state index is 11.9. The fraction of sp³-hybridized carbons (Fsp3) is 0.267. The largest absolute Gasteiger partial charge is 0.352 e. The Hall–Kier alpha value is -2.63. The van der Waals surface area contributed by atoms with E-state index in [2.05, 4.69) is 15.7 Å². The highest BCUT2D eigenvalue weighted by Crippen LogP contribution is 2.11. The molecule has 0 saturated carbocycles. The molecular formula is C15H18N4O2. The van der Waals surface area contributed by atoms with Gasteiger partial charge in [0.05, 0.1) is 6.20 Å². The number of carbonyl (C=O) groups is 2. The van der Waals surface area contributed by atoms with Crippen LogP contribution >= 0.6 is 0 Å². The minimum atomic E-state index is -0.189. The first-order valence-electron chi connectivity index (χ1n) is 6.75. The lowest BCUT2D eigenvalue weighted by Crippen LogP contribution is -2.23. The van der Waals surface area contributed by atoms with Crippen molar-refractivity contribution in [3.05, 3.63) is 47.8 Å². The van der Waals surface area contributed by atoms with E-state index < -0.39 is 0 Å². The number of nitrogens with zero attached hydrogens (tertiary/aromatic N) is 2. The minimum absolute atomic E-state index is 0.138. The van der Waals surface area contributed by atoms with Gasteiger partial charge in [-0.05, 0) is 37.6 Å². The zero-order chi connectivity index (χ0) is 15.2. The van der Waals surface area contributed by atoms with E-state index in [4.69, 9.17) is 0 Å². The van der Waals surface area contributed by atoms with Crippen LogP contribution < -0.4 is 10.6 Å². The molecule has 0 bridgehead atoms. The van der Waals surface area contributed by atoms with Gasteiger partial charge in [0, 0.05) is 24.0 Å². The monoisotopic (exact) mass is 286 g/mol. The smallest absolute Gasteiger partial charge is 0.251 e. The van der Waals surface area contributed by atoms with E-state index in [0.29, 0.717) is 17.8 Å². The van der Waals surface area contributed by atoms with Gasteiger partial charge < -0.3 is 10.6 Å². The van der Waals surface area contributed by atoms with E-state index in [0.717, 1.165) is 5.56 Å². The first-order chi connectivity index (χ1) is 10.1. The van der Waals surface area contributed by atoms with E-state index in [1.54, 1.807) is 41.3 Å². The summed E-state index contributed by atoms with van der Waals surface area (Å²) in [4.78, 5) is 23.7. The van der Waals surface area contributed by atoms with Crippen LogP contribution in [-0.2, 0) is 11.3 Å². The van der Waals surface area contributed by atoms with Crippen LogP contribution in [0.5, 0.6) is 0 Å². The molecule has 0 saturated heterocycles. The number of benzene rings is 1. The summed E-state index contributed by atoms with van der Waals surface area (Å²) < 4.78 is 1.57. The third-order valence-corrected chi connectivity index (χ3v) is 2.81. The van der Waals surface area contributed by atoms with Crippen LogP contribution in [0.15, 0.2) is 36.7 Å². The second-order valence-corrected chi connectivity index (χ2v) is 4.70. The number of aryl methyl sites for hydroxylation is 1. The van der Waals surface area contributed by atoms with Crippen LogP contribution in [0.3, 0.4) is 0 Å². The number of anilines is 1. The summed E-state index contributed by atoms with van der Waals surface area (Å²) in [6.07, 6.45) is 3.49. The van der Waals surface area contributed by atoms with Crippen molar-refractivity contribution in [3.8, 4) is 0 Å². The Labute approximate surface area is 123 Å².